The van der Waals surface area contributed by atoms with Crippen molar-refractivity contribution in [2.45, 2.75) is 6.92 Å². The molecule has 1 aromatic heterocycles. The lowest BCUT2D eigenvalue weighted by Gasteiger charge is -2.04. The molecule has 0 aliphatic rings. The third kappa shape index (κ3) is 1.64. The highest BCUT2D eigenvalue weighted by Gasteiger charge is 2.02. The second-order valence-electron chi connectivity index (χ2n) is 2.15. The first kappa shape index (κ1) is 8.34. The molecule has 2 N–H and O–H groups in total. The van der Waals surface area contributed by atoms with Gasteiger partial charge in [-0.05, 0) is 6.92 Å². The van der Waals surface area contributed by atoms with Gasteiger partial charge >= 0.3 is 0 Å². The normalized spacial score (nSPS) is 9.00. The minimum Gasteiger partial charge on any atom is -0.492 e. The highest BCUT2D eigenvalue weighted by atomic mass is 16.5. The number of nitrogens with zero attached hydrogens (tertiary/aromatic N) is 2. The van der Waals surface area contributed by atoms with E-state index in [1.54, 1.807) is 6.07 Å². The van der Waals surface area contributed by atoms with Gasteiger partial charge in [-0.15, -0.1) is 0 Å². The zero-order chi connectivity index (χ0) is 8.97. The maximum atomic E-state index is 8.63. The van der Waals surface area contributed by atoms with Gasteiger partial charge in [0.1, 0.15) is 23.2 Å². The Morgan fingerprint density at radius 2 is 2.50 bits per heavy atom. The van der Waals surface area contributed by atoms with Crippen molar-refractivity contribution in [2.75, 3.05) is 12.3 Å². The van der Waals surface area contributed by atoms with Crippen LogP contribution in [0.3, 0.4) is 0 Å². The maximum absolute atomic E-state index is 8.63. The first-order valence-electron chi connectivity index (χ1n) is 3.56. The quantitative estimate of drug-likeness (QED) is 0.704. The van der Waals surface area contributed by atoms with E-state index in [-0.39, 0.29) is 0 Å². The summed E-state index contributed by atoms with van der Waals surface area (Å²) in [4.78, 5) is 3.77. The van der Waals surface area contributed by atoms with Crippen molar-refractivity contribution in [3.8, 4) is 11.8 Å². The first-order valence-corrected chi connectivity index (χ1v) is 3.56. The van der Waals surface area contributed by atoms with E-state index >= 15 is 0 Å². The van der Waals surface area contributed by atoms with Gasteiger partial charge in [-0.1, -0.05) is 0 Å². The number of pyridine rings is 1. The number of aromatic nitrogens is 1. The first-order chi connectivity index (χ1) is 5.77. The molecule has 0 unspecified atom stereocenters. The molecule has 4 heteroatoms. The Morgan fingerprint density at radius 1 is 1.75 bits per heavy atom. The van der Waals surface area contributed by atoms with Crippen molar-refractivity contribution in [3.05, 3.63) is 17.8 Å². The van der Waals surface area contributed by atoms with E-state index in [1.165, 1.54) is 6.20 Å². The smallest absolute Gasteiger partial charge is 0.142 e. The minimum absolute atomic E-state index is 0.359. The molecular formula is C8H9N3O. The molecule has 0 amide bonds. The highest BCUT2D eigenvalue weighted by molar-refractivity contribution is 5.47. The van der Waals surface area contributed by atoms with Crippen LogP contribution >= 0.6 is 0 Å². The molecule has 4 nitrogen and oxygen atoms in total. The summed E-state index contributed by atoms with van der Waals surface area (Å²) in [6, 6.07) is 3.51. The van der Waals surface area contributed by atoms with Gasteiger partial charge in [0.2, 0.25) is 0 Å². The average Bonchev–Trinajstić information content (AvgIpc) is 2.05. The number of hydrogen-bond donors (Lipinski definition) is 1. The van der Waals surface area contributed by atoms with Crippen molar-refractivity contribution in [1.29, 1.82) is 5.26 Å². The third-order valence-corrected chi connectivity index (χ3v) is 1.31. The van der Waals surface area contributed by atoms with Crippen LogP contribution in [0.25, 0.3) is 0 Å². The van der Waals surface area contributed by atoms with Crippen LogP contribution in [0, 0.1) is 11.3 Å². The molecule has 12 heavy (non-hydrogen) atoms. The Labute approximate surface area is 70.6 Å². The minimum atomic E-state index is 0.359. The van der Waals surface area contributed by atoms with E-state index in [0.717, 1.165) is 0 Å². The van der Waals surface area contributed by atoms with E-state index in [9.17, 15) is 0 Å². The number of nitrogen functional groups attached to an aromatic ring is 1. The van der Waals surface area contributed by atoms with Crippen LogP contribution in [0.4, 0.5) is 5.82 Å². The number of ether oxygens (including phenoxy) is 1. The highest BCUT2D eigenvalue weighted by Crippen LogP contribution is 2.18. The molecule has 0 spiro atoms. The van der Waals surface area contributed by atoms with Gasteiger partial charge in [-0.25, -0.2) is 4.98 Å². The fraction of sp³-hybridized carbons (Fsp3) is 0.250. The lowest BCUT2D eigenvalue weighted by molar-refractivity contribution is 0.339. The fourth-order valence-electron chi connectivity index (χ4n) is 0.811. The number of rotatable bonds is 2. The molecule has 1 rings (SSSR count). The van der Waals surface area contributed by atoms with Crippen LogP contribution in [-0.2, 0) is 0 Å². The Morgan fingerprint density at radius 3 is 3.08 bits per heavy atom. The molecule has 1 heterocycles. The summed E-state index contributed by atoms with van der Waals surface area (Å²) in [6.07, 6.45) is 1.40. The monoisotopic (exact) mass is 163 g/mol. The summed E-state index contributed by atoms with van der Waals surface area (Å²) < 4.78 is 5.17. The Bertz CT molecular complexity index is 317. The SMILES string of the molecule is CCOc1cc(N)ncc1C#N. The Balaban J connectivity index is 3.06. The molecule has 62 valence electrons. The average molecular weight is 163 g/mol. The topological polar surface area (TPSA) is 71.9 Å². The van der Waals surface area contributed by atoms with Crippen LogP contribution in [0.5, 0.6) is 5.75 Å². The lowest BCUT2D eigenvalue weighted by Crippen LogP contribution is -1.97. The van der Waals surface area contributed by atoms with Gasteiger partial charge in [0.15, 0.2) is 0 Å². The van der Waals surface area contributed by atoms with Crippen LogP contribution in [-0.4, -0.2) is 11.6 Å². The van der Waals surface area contributed by atoms with Crippen molar-refractivity contribution in [1.82, 2.24) is 4.98 Å². The maximum Gasteiger partial charge on any atom is 0.142 e. The van der Waals surface area contributed by atoms with E-state index in [2.05, 4.69) is 4.98 Å². The molecule has 0 saturated heterocycles. The predicted molar refractivity (Wildman–Crippen MR) is 44.5 cm³/mol. The summed E-state index contributed by atoms with van der Waals surface area (Å²) in [6.45, 7) is 2.36. The molecule has 0 aromatic carbocycles. The summed E-state index contributed by atoms with van der Waals surface area (Å²) in [5.74, 6) is 0.852. The zero-order valence-corrected chi connectivity index (χ0v) is 6.74. The largest absolute Gasteiger partial charge is 0.492 e. The fourth-order valence-corrected chi connectivity index (χ4v) is 0.811. The van der Waals surface area contributed by atoms with Crippen LogP contribution in [0.1, 0.15) is 12.5 Å². The summed E-state index contributed by atoms with van der Waals surface area (Å²) in [5.41, 5.74) is 5.82. The summed E-state index contributed by atoms with van der Waals surface area (Å²) in [5, 5.41) is 8.63. The zero-order valence-electron chi connectivity index (χ0n) is 6.74. The van der Waals surface area contributed by atoms with Gasteiger partial charge in [0.05, 0.1) is 12.8 Å². The molecule has 0 aliphatic carbocycles. The predicted octanol–water partition coefficient (Wildman–Crippen LogP) is 0.934. The van der Waals surface area contributed by atoms with Gasteiger partial charge in [0, 0.05) is 6.07 Å². The van der Waals surface area contributed by atoms with Gasteiger partial charge in [-0.2, -0.15) is 5.26 Å². The summed E-state index contributed by atoms with van der Waals surface area (Å²) in [7, 11) is 0. The van der Waals surface area contributed by atoms with Gasteiger partial charge in [-0.3, -0.25) is 0 Å². The number of hydrogen-bond acceptors (Lipinski definition) is 4. The second kappa shape index (κ2) is 3.58. The molecule has 0 aliphatic heterocycles. The van der Waals surface area contributed by atoms with E-state index in [1.807, 2.05) is 13.0 Å². The van der Waals surface area contributed by atoms with E-state index < -0.39 is 0 Å². The van der Waals surface area contributed by atoms with Crippen molar-refractivity contribution >= 4 is 5.82 Å². The second-order valence-corrected chi connectivity index (χ2v) is 2.15. The van der Waals surface area contributed by atoms with Crippen molar-refractivity contribution in [2.24, 2.45) is 0 Å². The molecule has 0 saturated carbocycles. The van der Waals surface area contributed by atoms with Gasteiger partial charge < -0.3 is 10.5 Å². The molecule has 1 aromatic rings. The molecular weight excluding hydrogens is 154 g/mol. The van der Waals surface area contributed by atoms with Gasteiger partial charge in [0.25, 0.3) is 0 Å². The van der Waals surface area contributed by atoms with E-state index in [0.29, 0.717) is 23.7 Å². The molecule has 0 radical (unpaired) electrons. The van der Waals surface area contributed by atoms with Crippen LogP contribution in [0.15, 0.2) is 12.3 Å². The molecule has 0 bridgehead atoms. The van der Waals surface area contributed by atoms with Crippen molar-refractivity contribution < 1.29 is 4.74 Å². The summed E-state index contributed by atoms with van der Waals surface area (Å²) >= 11 is 0. The van der Waals surface area contributed by atoms with Crippen LogP contribution in [0.2, 0.25) is 0 Å². The number of anilines is 1. The van der Waals surface area contributed by atoms with Crippen LogP contribution < -0.4 is 10.5 Å². The number of nitrogens with two attached hydrogens (primary N) is 1. The lowest BCUT2D eigenvalue weighted by atomic mass is 10.3. The van der Waals surface area contributed by atoms with Crippen molar-refractivity contribution in [3.63, 3.8) is 0 Å². The number of nitriles is 1. The van der Waals surface area contributed by atoms with E-state index in [4.69, 9.17) is 15.7 Å². The molecule has 0 fully saturated rings. The standard InChI is InChI=1S/C8H9N3O/c1-2-12-7-3-8(10)11-5-6(7)4-9/h3,5H,2H2,1H3,(H2,10,11). The molecule has 0 atom stereocenters. The third-order valence-electron chi connectivity index (χ3n) is 1.31. The Kier molecular flexibility index (Phi) is 2.49. The Hall–Kier alpha value is -1.76.